The van der Waals surface area contributed by atoms with Crippen molar-refractivity contribution in [3.05, 3.63) is 116 Å². The molecule has 45 heavy (non-hydrogen) atoms. The molecule has 0 saturated heterocycles. The van der Waals surface area contributed by atoms with Gasteiger partial charge in [0, 0.05) is 31.8 Å². The largest absolute Gasteiger partial charge is 0.490 e. The third-order valence-corrected chi connectivity index (χ3v) is 9.35. The van der Waals surface area contributed by atoms with E-state index in [1.807, 2.05) is 26.0 Å². The summed E-state index contributed by atoms with van der Waals surface area (Å²) >= 11 is 20.7. The molecule has 0 aliphatic carbocycles. The summed E-state index contributed by atoms with van der Waals surface area (Å²) in [6.45, 7) is 4.77. The Labute approximate surface area is 289 Å². The predicted octanol–water partition coefficient (Wildman–Crippen LogP) is 7.23. The van der Waals surface area contributed by atoms with Crippen LogP contribution < -0.4 is 29.1 Å². The molecular weight excluding hydrogens is 771 g/mol. The summed E-state index contributed by atoms with van der Waals surface area (Å²) in [6, 6.07) is 13.4. The van der Waals surface area contributed by atoms with Gasteiger partial charge in [0.25, 0.3) is 5.56 Å². The van der Waals surface area contributed by atoms with Crippen LogP contribution >= 0.6 is 66.4 Å². The number of esters is 1. The fourth-order valence-corrected chi connectivity index (χ4v) is 7.55. The van der Waals surface area contributed by atoms with Crippen LogP contribution in [0, 0.1) is 0 Å². The van der Waals surface area contributed by atoms with Gasteiger partial charge in [-0.1, -0.05) is 62.6 Å². The van der Waals surface area contributed by atoms with Gasteiger partial charge in [0.1, 0.15) is 12.4 Å². The number of carbonyl (C=O) groups is 1. The minimum absolute atomic E-state index is 0.167. The highest BCUT2D eigenvalue weighted by Gasteiger charge is 2.31. The first kappa shape index (κ1) is 33.3. The van der Waals surface area contributed by atoms with Crippen LogP contribution in [0.5, 0.6) is 17.2 Å². The lowest BCUT2D eigenvalue weighted by Gasteiger charge is -2.23. The van der Waals surface area contributed by atoms with E-state index in [1.165, 1.54) is 29.2 Å². The Bertz CT molecular complexity index is 1990. The van der Waals surface area contributed by atoms with Gasteiger partial charge >= 0.3 is 5.97 Å². The van der Waals surface area contributed by atoms with Gasteiger partial charge in [0.15, 0.2) is 16.3 Å². The molecule has 0 bridgehead atoms. The number of ether oxygens (including phenoxy) is 4. The highest BCUT2D eigenvalue weighted by Crippen LogP contribution is 2.36. The third-order valence-electron chi connectivity index (χ3n) is 6.72. The van der Waals surface area contributed by atoms with Crippen LogP contribution in [-0.2, 0) is 16.1 Å². The van der Waals surface area contributed by atoms with Crippen LogP contribution in [-0.4, -0.2) is 30.9 Å². The minimum atomic E-state index is -0.817. The second-order valence-electron chi connectivity index (χ2n) is 9.58. The van der Waals surface area contributed by atoms with Gasteiger partial charge < -0.3 is 18.9 Å². The molecule has 0 fully saturated rings. The number of hydrogen-bond donors (Lipinski definition) is 0. The lowest BCUT2D eigenvalue weighted by molar-refractivity contribution is -0.136. The van der Waals surface area contributed by atoms with Crippen molar-refractivity contribution in [2.75, 3.05) is 20.3 Å². The van der Waals surface area contributed by atoms with E-state index in [4.69, 9.17) is 42.1 Å². The van der Waals surface area contributed by atoms with E-state index >= 15 is 0 Å². The molecule has 0 amide bonds. The average Bonchev–Trinajstić information content (AvgIpc) is 3.32. The molecule has 0 saturated carbocycles. The SMILES string of the molecule is CCOc1ccc([C@@H]2C(C(=O)OC)=CN=c3s/c(=C/c4cc(Br)cc(Br)c4OCc4ccc(Cl)cc4Cl)c(=O)n32)cc1OCC. The molecule has 5 rings (SSSR count). The van der Waals surface area contributed by atoms with Crippen molar-refractivity contribution in [3.8, 4) is 17.2 Å². The molecule has 1 aromatic heterocycles. The zero-order valence-corrected chi connectivity index (χ0v) is 29.7. The Kier molecular flexibility index (Phi) is 10.8. The van der Waals surface area contributed by atoms with E-state index in [2.05, 4.69) is 36.9 Å². The van der Waals surface area contributed by atoms with Crippen LogP contribution in [0.15, 0.2) is 79.0 Å². The Morgan fingerprint density at radius 1 is 1.02 bits per heavy atom. The van der Waals surface area contributed by atoms with Crippen molar-refractivity contribution < 1.29 is 23.7 Å². The zero-order valence-electron chi connectivity index (χ0n) is 24.2. The second kappa shape index (κ2) is 14.6. The molecule has 1 atom stereocenters. The maximum Gasteiger partial charge on any atom is 0.337 e. The minimum Gasteiger partial charge on any atom is -0.490 e. The molecule has 2 heterocycles. The van der Waals surface area contributed by atoms with Crippen molar-refractivity contribution in [2.24, 2.45) is 4.99 Å². The molecule has 234 valence electrons. The van der Waals surface area contributed by atoms with Crippen molar-refractivity contribution in [1.29, 1.82) is 0 Å². The number of carbonyl (C=O) groups excluding carboxylic acids is 1. The second-order valence-corrected chi connectivity index (χ2v) is 13.2. The number of fused-ring (bicyclic) bond motifs is 1. The summed E-state index contributed by atoms with van der Waals surface area (Å²) in [5, 5.41) is 1.01. The predicted molar refractivity (Wildman–Crippen MR) is 183 cm³/mol. The van der Waals surface area contributed by atoms with E-state index in [0.717, 1.165) is 10.0 Å². The monoisotopic (exact) mass is 794 g/mol. The standard InChI is InChI=1S/C32H26Br2Cl2N2O6S/c1-4-42-25-9-7-17(11-26(25)43-5-2)28-22(31(40)41-3)15-37-32-38(28)30(39)27(45-32)12-19-10-20(33)13-23(34)29(19)44-16-18-6-8-21(35)14-24(18)36/h6-15,28H,4-5,16H2,1-3H3/b27-12+/t28-/m1/s1. The summed E-state index contributed by atoms with van der Waals surface area (Å²) in [4.78, 5) is 31.9. The van der Waals surface area contributed by atoms with E-state index in [0.29, 0.717) is 65.4 Å². The smallest absolute Gasteiger partial charge is 0.337 e. The lowest BCUT2D eigenvalue weighted by atomic mass is 9.97. The summed E-state index contributed by atoms with van der Waals surface area (Å²) < 4.78 is 26.2. The fraction of sp³-hybridized carbons (Fsp3) is 0.219. The van der Waals surface area contributed by atoms with Gasteiger partial charge in [-0.25, -0.2) is 9.79 Å². The van der Waals surface area contributed by atoms with Crippen LogP contribution in [0.25, 0.3) is 6.08 Å². The first-order valence-electron chi connectivity index (χ1n) is 13.7. The summed E-state index contributed by atoms with van der Waals surface area (Å²) in [5.74, 6) is 0.973. The number of thiazole rings is 1. The van der Waals surface area contributed by atoms with Gasteiger partial charge in [-0.3, -0.25) is 9.36 Å². The number of rotatable bonds is 10. The Morgan fingerprint density at radius 3 is 2.49 bits per heavy atom. The maximum absolute atomic E-state index is 14.1. The van der Waals surface area contributed by atoms with Crippen molar-refractivity contribution in [3.63, 3.8) is 0 Å². The van der Waals surface area contributed by atoms with Gasteiger partial charge in [-0.15, -0.1) is 0 Å². The topological polar surface area (TPSA) is 88.4 Å². The highest BCUT2D eigenvalue weighted by atomic mass is 79.9. The van der Waals surface area contributed by atoms with Crippen molar-refractivity contribution in [1.82, 2.24) is 4.57 Å². The summed E-state index contributed by atoms with van der Waals surface area (Å²) in [7, 11) is 1.29. The number of hydrogen-bond acceptors (Lipinski definition) is 8. The number of aromatic nitrogens is 1. The summed E-state index contributed by atoms with van der Waals surface area (Å²) in [5.41, 5.74) is 1.88. The van der Waals surface area contributed by atoms with Crippen molar-refractivity contribution in [2.45, 2.75) is 26.5 Å². The number of nitrogens with zero attached hydrogens (tertiary/aromatic N) is 2. The molecule has 4 aromatic rings. The zero-order chi connectivity index (χ0) is 32.2. The molecule has 0 spiro atoms. The quantitative estimate of drug-likeness (QED) is 0.158. The molecule has 1 aliphatic heterocycles. The molecule has 0 radical (unpaired) electrons. The molecule has 8 nitrogen and oxygen atoms in total. The van der Waals surface area contributed by atoms with Crippen LogP contribution in [0.4, 0.5) is 0 Å². The van der Waals surface area contributed by atoms with Crippen LogP contribution in [0.2, 0.25) is 10.0 Å². The number of halogens is 4. The number of methoxy groups -OCH3 is 1. The lowest BCUT2D eigenvalue weighted by Crippen LogP contribution is -2.39. The molecule has 13 heteroatoms. The molecular formula is C32H26Br2Cl2N2O6S. The van der Waals surface area contributed by atoms with E-state index in [9.17, 15) is 9.59 Å². The summed E-state index contributed by atoms with van der Waals surface area (Å²) in [6.07, 6.45) is 3.18. The fourth-order valence-electron chi connectivity index (χ4n) is 4.76. The Balaban J connectivity index is 1.62. The molecule has 0 unspecified atom stereocenters. The molecule has 3 aromatic carbocycles. The van der Waals surface area contributed by atoms with E-state index in [-0.39, 0.29) is 17.7 Å². The number of benzene rings is 3. The van der Waals surface area contributed by atoms with Crippen LogP contribution in [0.3, 0.4) is 0 Å². The first-order chi connectivity index (χ1) is 21.6. The average molecular weight is 797 g/mol. The maximum atomic E-state index is 14.1. The molecule has 0 N–H and O–H groups in total. The van der Waals surface area contributed by atoms with E-state index < -0.39 is 12.0 Å². The Morgan fingerprint density at radius 2 is 1.78 bits per heavy atom. The molecule has 1 aliphatic rings. The van der Waals surface area contributed by atoms with E-state index in [1.54, 1.807) is 42.5 Å². The Hall–Kier alpha value is -3.09. The highest BCUT2D eigenvalue weighted by molar-refractivity contribution is 9.11. The van der Waals surface area contributed by atoms with Gasteiger partial charge in [0.2, 0.25) is 0 Å². The van der Waals surface area contributed by atoms with Gasteiger partial charge in [-0.2, -0.15) is 0 Å². The van der Waals surface area contributed by atoms with Gasteiger partial charge in [0.05, 0.1) is 40.9 Å². The third kappa shape index (κ3) is 7.18. The van der Waals surface area contributed by atoms with Crippen LogP contribution in [0.1, 0.15) is 36.6 Å². The van der Waals surface area contributed by atoms with Crippen molar-refractivity contribution >= 4 is 78.4 Å². The first-order valence-corrected chi connectivity index (χ1v) is 16.9. The normalized spacial score (nSPS) is 14.3. The van der Waals surface area contributed by atoms with Gasteiger partial charge in [-0.05, 0) is 77.8 Å².